The lowest BCUT2D eigenvalue weighted by Gasteiger charge is -2.13. The second-order valence-electron chi connectivity index (χ2n) is 9.62. The number of halogens is 2. The van der Waals surface area contributed by atoms with Gasteiger partial charge in [-0.1, -0.05) is 48.5 Å². The van der Waals surface area contributed by atoms with Crippen molar-refractivity contribution < 1.29 is 18.4 Å². The average Bonchev–Trinajstić information content (AvgIpc) is 3.56. The Bertz CT molecular complexity index is 2000. The van der Waals surface area contributed by atoms with Crippen molar-refractivity contribution in [1.82, 2.24) is 19.7 Å². The molecule has 0 bridgehead atoms. The summed E-state index contributed by atoms with van der Waals surface area (Å²) in [4.78, 5) is 35.7. The molecule has 8 nitrogen and oxygen atoms in total. The van der Waals surface area contributed by atoms with E-state index in [9.17, 15) is 18.4 Å². The van der Waals surface area contributed by atoms with Gasteiger partial charge in [0, 0.05) is 29.1 Å². The van der Waals surface area contributed by atoms with E-state index >= 15 is 0 Å². The van der Waals surface area contributed by atoms with Crippen molar-refractivity contribution in [3.8, 4) is 22.4 Å². The van der Waals surface area contributed by atoms with E-state index in [0.717, 1.165) is 22.6 Å². The van der Waals surface area contributed by atoms with Crippen LogP contribution < -0.4 is 11.1 Å². The van der Waals surface area contributed by atoms with Gasteiger partial charge in [0.15, 0.2) is 0 Å². The Morgan fingerprint density at radius 3 is 2.45 bits per heavy atom. The minimum absolute atomic E-state index is 0.00750. The third kappa shape index (κ3) is 4.77. The predicted molar refractivity (Wildman–Crippen MR) is 160 cm³/mol. The largest absolute Gasteiger partial charge is 0.365 e. The molecule has 42 heavy (non-hydrogen) atoms. The molecule has 2 aromatic carbocycles. The summed E-state index contributed by atoms with van der Waals surface area (Å²) in [6.45, 7) is 4.53. The number of carbonyl (C=O) groups excluding carboxylic acids is 2. The summed E-state index contributed by atoms with van der Waals surface area (Å²) in [6, 6.07) is 19.1. The molecule has 0 unspecified atom stereocenters. The number of amides is 2. The molecular weight excluding hydrogens is 558 g/mol. The number of rotatable bonds is 7. The minimum atomic E-state index is -2.84. The molecule has 0 saturated heterocycles. The normalized spacial score (nSPS) is 11.5. The van der Waals surface area contributed by atoms with Crippen LogP contribution in [0, 0.1) is 6.92 Å². The molecule has 210 valence electrons. The van der Waals surface area contributed by atoms with Crippen LogP contribution in [0.25, 0.3) is 43.5 Å². The van der Waals surface area contributed by atoms with Gasteiger partial charge in [-0.05, 0) is 43.2 Å². The van der Waals surface area contributed by atoms with E-state index in [2.05, 4.69) is 15.4 Å². The summed E-state index contributed by atoms with van der Waals surface area (Å²) >= 11 is 0.863. The first kappa shape index (κ1) is 27.2. The van der Waals surface area contributed by atoms with Crippen LogP contribution in [0.5, 0.6) is 0 Å². The first-order valence-corrected chi connectivity index (χ1v) is 13.9. The second kappa shape index (κ2) is 10.7. The number of benzene rings is 2. The average molecular weight is 583 g/mol. The fourth-order valence-electron chi connectivity index (χ4n) is 4.98. The smallest absolute Gasteiger partial charge is 0.280 e. The van der Waals surface area contributed by atoms with E-state index in [-0.39, 0.29) is 15.4 Å². The summed E-state index contributed by atoms with van der Waals surface area (Å²) in [5.41, 5.74) is 9.45. The number of nitrogens with zero attached hydrogens (tertiary/aromatic N) is 4. The van der Waals surface area contributed by atoms with E-state index in [1.165, 1.54) is 6.07 Å². The van der Waals surface area contributed by atoms with E-state index in [1.54, 1.807) is 53.2 Å². The van der Waals surface area contributed by atoms with Gasteiger partial charge >= 0.3 is 0 Å². The highest BCUT2D eigenvalue weighted by atomic mass is 32.1. The van der Waals surface area contributed by atoms with Crippen LogP contribution in [0.4, 0.5) is 14.5 Å². The molecule has 4 heterocycles. The molecule has 0 aliphatic rings. The number of aryl methyl sites for hydroxylation is 2. The van der Waals surface area contributed by atoms with Gasteiger partial charge in [0.1, 0.15) is 15.4 Å². The maximum absolute atomic E-state index is 14.0. The van der Waals surface area contributed by atoms with E-state index in [0.29, 0.717) is 45.2 Å². The molecule has 0 aliphatic carbocycles. The number of alkyl halides is 2. The summed E-state index contributed by atoms with van der Waals surface area (Å²) in [5, 5.41) is 8.35. The Labute approximate surface area is 242 Å². The third-order valence-electron chi connectivity index (χ3n) is 6.96. The molecule has 2 amide bonds. The van der Waals surface area contributed by atoms with Crippen LogP contribution in [0.3, 0.4) is 0 Å². The summed E-state index contributed by atoms with van der Waals surface area (Å²) in [5.74, 6) is -1.33. The zero-order valence-electron chi connectivity index (χ0n) is 22.6. The standard InChI is InChI=1S/C31H24F2N6O2S/c1-3-39-15-21(16(2)38-39)23-14-20(18-11-7-8-12-22(18)35-23)30(41)37-26-25-19(17-9-5-4-6-10-17)13-24(28(32)33)36-31(25)42-27(26)29(34)40/h4-15,28H,3H2,1-2H3,(H2,34,40)(H,37,41). The highest BCUT2D eigenvalue weighted by Crippen LogP contribution is 2.43. The van der Waals surface area contributed by atoms with E-state index in [4.69, 9.17) is 10.7 Å². The topological polar surface area (TPSA) is 116 Å². The first-order chi connectivity index (χ1) is 20.2. The molecule has 0 aliphatic heterocycles. The monoisotopic (exact) mass is 582 g/mol. The predicted octanol–water partition coefficient (Wildman–Crippen LogP) is 6.99. The number of carbonyl (C=O) groups is 2. The third-order valence-corrected chi connectivity index (χ3v) is 8.06. The molecule has 3 N–H and O–H groups in total. The van der Waals surface area contributed by atoms with Gasteiger partial charge in [-0.15, -0.1) is 11.3 Å². The number of primary amides is 1. The summed E-state index contributed by atoms with van der Waals surface area (Å²) in [7, 11) is 0. The molecule has 0 atom stereocenters. The molecule has 0 spiro atoms. The zero-order chi connectivity index (χ0) is 29.5. The van der Waals surface area contributed by atoms with Gasteiger partial charge in [-0.25, -0.2) is 18.7 Å². The van der Waals surface area contributed by atoms with Crippen molar-refractivity contribution in [3.05, 3.63) is 94.8 Å². The Balaban J connectivity index is 1.55. The number of hydrogen-bond acceptors (Lipinski definition) is 6. The lowest BCUT2D eigenvalue weighted by molar-refractivity contribution is 0.100. The number of thiophene rings is 1. The van der Waals surface area contributed by atoms with Gasteiger partial charge < -0.3 is 11.1 Å². The molecule has 6 aromatic rings. The summed E-state index contributed by atoms with van der Waals surface area (Å²) in [6.07, 6.45) is -0.958. The van der Waals surface area contributed by atoms with Crippen molar-refractivity contribution in [2.45, 2.75) is 26.8 Å². The van der Waals surface area contributed by atoms with E-state index in [1.807, 2.05) is 32.2 Å². The Kier molecular flexibility index (Phi) is 6.95. The molecule has 6 rings (SSSR count). The van der Waals surface area contributed by atoms with Crippen molar-refractivity contribution in [2.24, 2.45) is 5.73 Å². The lowest BCUT2D eigenvalue weighted by Crippen LogP contribution is -2.17. The number of aromatic nitrogens is 4. The number of pyridine rings is 2. The van der Waals surface area contributed by atoms with Crippen molar-refractivity contribution in [3.63, 3.8) is 0 Å². The van der Waals surface area contributed by atoms with Crippen LogP contribution in [0.1, 0.15) is 44.8 Å². The summed E-state index contributed by atoms with van der Waals surface area (Å²) < 4.78 is 29.5. The highest BCUT2D eigenvalue weighted by Gasteiger charge is 2.26. The molecule has 0 saturated carbocycles. The Morgan fingerprint density at radius 2 is 1.76 bits per heavy atom. The van der Waals surface area contributed by atoms with Gasteiger partial charge in [0.05, 0.1) is 28.2 Å². The lowest BCUT2D eigenvalue weighted by atomic mass is 10.0. The molecule has 11 heteroatoms. The Morgan fingerprint density at radius 1 is 1.02 bits per heavy atom. The highest BCUT2D eigenvalue weighted by molar-refractivity contribution is 7.21. The maximum atomic E-state index is 14.0. The minimum Gasteiger partial charge on any atom is -0.365 e. The first-order valence-electron chi connectivity index (χ1n) is 13.1. The number of hydrogen-bond donors (Lipinski definition) is 2. The number of nitrogens with one attached hydrogen (secondary N) is 1. The fraction of sp³-hybridized carbons (Fsp3) is 0.129. The van der Waals surface area contributed by atoms with Gasteiger partial charge in [0.2, 0.25) is 0 Å². The van der Waals surface area contributed by atoms with Crippen LogP contribution >= 0.6 is 11.3 Å². The number of nitrogens with two attached hydrogens (primary N) is 1. The van der Waals surface area contributed by atoms with Gasteiger partial charge in [-0.3, -0.25) is 14.3 Å². The molecule has 0 radical (unpaired) electrons. The zero-order valence-corrected chi connectivity index (χ0v) is 23.4. The van der Waals surface area contributed by atoms with Crippen LogP contribution in [0.2, 0.25) is 0 Å². The number of anilines is 1. The van der Waals surface area contributed by atoms with Crippen molar-refractivity contribution in [1.29, 1.82) is 0 Å². The van der Waals surface area contributed by atoms with Gasteiger partial charge in [-0.2, -0.15) is 5.10 Å². The van der Waals surface area contributed by atoms with Gasteiger partial charge in [0.25, 0.3) is 18.2 Å². The SMILES string of the molecule is CCn1cc(-c2cc(C(=O)Nc3c(C(N)=O)sc4nc(C(F)F)cc(-c5ccccc5)c34)c3ccccc3n2)c(C)n1. The molecule has 4 aromatic heterocycles. The van der Waals surface area contributed by atoms with E-state index < -0.39 is 23.9 Å². The Hall–Kier alpha value is -5.03. The molecular formula is C31H24F2N6O2S. The van der Waals surface area contributed by atoms with Crippen LogP contribution in [0.15, 0.2) is 72.9 Å². The van der Waals surface area contributed by atoms with Crippen molar-refractivity contribution >= 4 is 50.0 Å². The maximum Gasteiger partial charge on any atom is 0.280 e. The van der Waals surface area contributed by atoms with Crippen LogP contribution in [-0.2, 0) is 6.54 Å². The number of fused-ring (bicyclic) bond motifs is 2. The number of para-hydroxylation sites is 1. The fourth-order valence-corrected chi connectivity index (χ4v) is 5.99. The quantitative estimate of drug-likeness (QED) is 0.210. The van der Waals surface area contributed by atoms with Crippen molar-refractivity contribution in [2.75, 3.05) is 5.32 Å². The molecule has 0 fully saturated rings. The second-order valence-corrected chi connectivity index (χ2v) is 10.6. The van der Waals surface area contributed by atoms with Crippen LogP contribution in [-0.4, -0.2) is 31.6 Å².